The van der Waals surface area contributed by atoms with Crippen molar-refractivity contribution in [3.63, 3.8) is 0 Å². The van der Waals surface area contributed by atoms with Crippen LogP contribution in [-0.2, 0) is 14.9 Å². The van der Waals surface area contributed by atoms with Gasteiger partial charge in [-0.2, -0.15) is 0 Å². The molecule has 3 rings (SSSR count). The van der Waals surface area contributed by atoms with Crippen molar-refractivity contribution in [1.29, 1.82) is 0 Å². The SMILES string of the molecule is CC(=O)O.COC1=CC2C(C)(C)CCCC2(C)c2ccc(O)c(C(C)C)c21. The molecule has 1 fully saturated rings. The first-order valence-corrected chi connectivity index (χ1v) is 9.77. The highest BCUT2D eigenvalue weighted by atomic mass is 16.5. The molecule has 0 spiro atoms. The van der Waals surface area contributed by atoms with Crippen LogP contribution in [0.5, 0.6) is 5.75 Å². The van der Waals surface area contributed by atoms with E-state index in [9.17, 15) is 5.11 Å². The number of benzene rings is 1. The zero-order valence-corrected chi connectivity index (χ0v) is 17.7. The fourth-order valence-corrected chi connectivity index (χ4v) is 5.14. The molecular weight excluding hydrogens is 340 g/mol. The van der Waals surface area contributed by atoms with Gasteiger partial charge < -0.3 is 14.9 Å². The van der Waals surface area contributed by atoms with Crippen molar-refractivity contribution < 1.29 is 19.7 Å². The Bertz CT molecular complexity index is 741. The summed E-state index contributed by atoms with van der Waals surface area (Å²) in [5.74, 6) is 1.23. The number of carbonyl (C=O) groups is 1. The first-order valence-electron chi connectivity index (χ1n) is 9.77. The first kappa shape index (κ1) is 21.3. The molecule has 150 valence electrons. The molecule has 0 saturated heterocycles. The van der Waals surface area contributed by atoms with E-state index in [0.29, 0.717) is 11.7 Å². The fourth-order valence-electron chi connectivity index (χ4n) is 5.14. The maximum Gasteiger partial charge on any atom is 0.300 e. The largest absolute Gasteiger partial charge is 0.508 e. The van der Waals surface area contributed by atoms with Crippen molar-refractivity contribution in [2.75, 3.05) is 7.11 Å². The fraction of sp³-hybridized carbons (Fsp3) is 0.609. The number of phenols is 1. The van der Waals surface area contributed by atoms with Gasteiger partial charge in [-0.25, -0.2) is 0 Å². The summed E-state index contributed by atoms with van der Waals surface area (Å²) in [7, 11) is 1.75. The number of aromatic hydroxyl groups is 1. The molecule has 0 bridgehead atoms. The lowest BCUT2D eigenvalue weighted by molar-refractivity contribution is -0.134. The number of allylic oxidation sites excluding steroid dienone is 1. The Hall–Kier alpha value is -1.97. The maximum atomic E-state index is 10.5. The number of methoxy groups -OCH3 is 1. The van der Waals surface area contributed by atoms with Crippen molar-refractivity contribution in [2.24, 2.45) is 11.3 Å². The van der Waals surface area contributed by atoms with Crippen molar-refractivity contribution in [3.8, 4) is 5.75 Å². The van der Waals surface area contributed by atoms with E-state index in [-0.39, 0.29) is 16.7 Å². The van der Waals surface area contributed by atoms with E-state index in [4.69, 9.17) is 14.6 Å². The highest BCUT2D eigenvalue weighted by Crippen LogP contribution is 2.58. The van der Waals surface area contributed by atoms with Crippen LogP contribution >= 0.6 is 0 Å². The van der Waals surface area contributed by atoms with Gasteiger partial charge in [-0.1, -0.05) is 47.1 Å². The Morgan fingerprint density at radius 3 is 2.33 bits per heavy atom. The minimum atomic E-state index is -0.833. The van der Waals surface area contributed by atoms with Crippen LogP contribution in [0, 0.1) is 11.3 Å². The molecule has 0 radical (unpaired) electrons. The van der Waals surface area contributed by atoms with Gasteiger partial charge >= 0.3 is 0 Å². The van der Waals surface area contributed by atoms with E-state index in [2.05, 4.69) is 46.8 Å². The summed E-state index contributed by atoms with van der Waals surface area (Å²) in [6.45, 7) is 12.5. The van der Waals surface area contributed by atoms with Crippen LogP contribution in [0.25, 0.3) is 5.76 Å². The molecule has 27 heavy (non-hydrogen) atoms. The number of hydrogen-bond acceptors (Lipinski definition) is 3. The number of rotatable bonds is 2. The van der Waals surface area contributed by atoms with Gasteiger partial charge in [0.25, 0.3) is 5.97 Å². The Kier molecular flexibility index (Phi) is 5.98. The summed E-state index contributed by atoms with van der Waals surface area (Å²) in [6, 6.07) is 4.02. The van der Waals surface area contributed by atoms with E-state index in [1.165, 1.54) is 24.8 Å². The summed E-state index contributed by atoms with van der Waals surface area (Å²) in [5, 5.41) is 17.9. The third-order valence-corrected chi connectivity index (χ3v) is 6.25. The van der Waals surface area contributed by atoms with Crippen LogP contribution in [0.4, 0.5) is 0 Å². The molecular formula is C23H34O4. The van der Waals surface area contributed by atoms with Crippen molar-refractivity contribution in [2.45, 2.75) is 72.1 Å². The predicted molar refractivity (Wildman–Crippen MR) is 109 cm³/mol. The van der Waals surface area contributed by atoms with Crippen LogP contribution in [0.3, 0.4) is 0 Å². The lowest BCUT2D eigenvalue weighted by Gasteiger charge is -2.53. The molecule has 2 aliphatic carbocycles. The summed E-state index contributed by atoms with van der Waals surface area (Å²) >= 11 is 0. The highest BCUT2D eigenvalue weighted by Gasteiger charge is 2.50. The zero-order valence-electron chi connectivity index (χ0n) is 17.7. The molecule has 2 N–H and O–H groups in total. The van der Waals surface area contributed by atoms with E-state index < -0.39 is 5.97 Å². The minimum absolute atomic E-state index is 0.121. The zero-order chi connectivity index (χ0) is 20.6. The second kappa shape index (κ2) is 7.57. The molecule has 1 aromatic rings. The van der Waals surface area contributed by atoms with Gasteiger partial charge in [-0.15, -0.1) is 0 Å². The monoisotopic (exact) mass is 374 g/mol. The summed E-state index contributed by atoms with van der Waals surface area (Å²) in [6.07, 6.45) is 6.05. The molecule has 2 aliphatic rings. The van der Waals surface area contributed by atoms with E-state index in [1.54, 1.807) is 7.11 Å². The lowest BCUT2D eigenvalue weighted by atomic mass is 9.51. The van der Waals surface area contributed by atoms with Crippen molar-refractivity contribution >= 4 is 11.7 Å². The van der Waals surface area contributed by atoms with Crippen LogP contribution in [-0.4, -0.2) is 23.3 Å². The molecule has 0 amide bonds. The van der Waals surface area contributed by atoms with Gasteiger partial charge in [0.15, 0.2) is 0 Å². The second-order valence-corrected chi connectivity index (χ2v) is 9.07. The first-order chi connectivity index (χ1) is 12.5. The van der Waals surface area contributed by atoms with E-state index in [0.717, 1.165) is 23.8 Å². The number of fused-ring (bicyclic) bond motifs is 3. The predicted octanol–water partition coefficient (Wildman–Crippen LogP) is 5.69. The van der Waals surface area contributed by atoms with Crippen LogP contribution < -0.4 is 0 Å². The Morgan fingerprint density at radius 1 is 1.22 bits per heavy atom. The van der Waals surface area contributed by atoms with Crippen molar-refractivity contribution in [1.82, 2.24) is 0 Å². The van der Waals surface area contributed by atoms with Crippen molar-refractivity contribution in [3.05, 3.63) is 34.9 Å². The van der Waals surface area contributed by atoms with Gasteiger partial charge in [0.05, 0.1) is 7.11 Å². The molecule has 4 heteroatoms. The minimum Gasteiger partial charge on any atom is -0.508 e. The maximum absolute atomic E-state index is 10.5. The molecule has 1 aromatic carbocycles. The third kappa shape index (κ3) is 3.85. The van der Waals surface area contributed by atoms with Gasteiger partial charge in [-0.3, -0.25) is 4.79 Å². The number of phenolic OH excluding ortho intramolecular Hbond substituents is 1. The smallest absolute Gasteiger partial charge is 0.300 e. The Labute approximate surface area is 163 Å². The standard InChI is InChI=1S/C21H30O2.C2H4O2/c1-13(2)18-15(22)9-8-14-19(18)16(23-6)12-17-20(3,4)10-7-11-21(14,17)5;1-2(3)4/h8-9,12-13,17,22H,7,10-11H2,1-6H3;1H3,(H,3,4). The van der Waals surface area contributed by atoms with Gasteiger partial charge in [0.2, 0.25) is 0 Å². The molecule has 2 unspecified atom stereocenters. The average Bonchev–Trinajstić information content (AvgIpc) is 2.52. The van der Waals surface area contributed by atoms with E-state index in [1.807, 2.05) is 6.07 Å². The summed E-state index contributed by atoms with van der Waals surface area (Å²) in [5.41, 5.74) is 3.91. The quantitative estimate of drug-likeness (QED) is 0.698. The lowest BCUT2D eigenvalue weighted by Crippen LogP contribution is -2.46. The number of ether oxygens (including phenoxy) is 1. The number of aliphatic carboxylic acids is 1. The van der Waals surface area contributed by atoms with Gasteiger partial charge in [0, 0.05) is 23.5 Å². The number of hydrogen-bond donors (Lipinski definition) is 2. The Balaban J connectivity index is 0.000000596. The van der Waals surface area contributed by atoms with Crippen LogP contribution in [0.2, 0.25) is 0 Å². The number of carboxylic acids is 1. The molecule has 0 heterocycles. The number of carboxylic acid groups (broad SMARTS) is 1. The van der Waals surface area contributed by atoms with Crippen LogP contribution in [0.1, 0.15) is 83.4 Å². The highest BCUT2D eigenvalue weighted by molar-refractivity contribution is 5.73. The third-order valence-electron chi connectivity index (χ3n) is 6.25. The average molecular weight is 375 g/mol. The molecule has 4 nitrogen and oxygen atoms in total. The second-order valence-electron chi connectivity index (χ2n) is 9.07. The van der Waals surface area contributed by atoms with Gasteiger partial charge in [-0.05, 0) is 47.8 Å². The topological polar surface area (TPSA) is 66.8 Å². The normalized spacial score (nSPS) is 25.5. The molecule has 1 saturated carbocycles. The van der Waals surface area contributed by atoms with Crippen LogP contribution in [0.15, 0.2) is 18.2 Å². The molecule has 0 aliphatic heterocycles. The van der Waals surface area contributed by atoms with E-state index >= 15 is 0 Å². The molecule has 0 aromatic heterocycles. The molecule has 2 atom stereocenters. The summed E-state index contributed by atoms with van der Waals surface area (Å²) < 4.78 is 5.80. The summed E-state index contributed by atoms with van der Waals surface area (Å²) in [4.78, 5) is 9.00. The Morgan fingerprint density at radius 2 is 1.81 bits per heavy atom. The van der Waals surface area contributed by atoms with Gasteiger partial charge in [0.1, 0.15) is 11.5 Å².